The van der Waals surface area contributed by atoms with Gasteiger partial charge in [-0.2, -0.15) is 0 Å². The van der Waals surface area contributed by atoms with Crippen LogP contribution in [0.1, 0.15) is 22.8 Å². The van der Waals surface area contributed by atoms with E-state index in [-0.39, 0.29) is 16.7 Å². The maximum atomic E-state index is 12.3. The van der Waals surface area contributed by atoms with Gasteiger partial charge in [0.2, 0.25) is 5.91 Å². The Morgan fingerprint density at radius 1 is 1.22 bits per heavy atom. The van der Waals surface area contributed by atoms with Crippen molar-refractivity contribution in [1.82, 2.24) is 0 Å². The fourth-order valence-corrected chi connectivity index (χ4v) is 3.11. The number of carbonyl (C=O) groups is 2. The molecule has 0 aliphatic carbocycles. The van der Waals surface area contributed by atoms with Crippen LogP contribution in [0.25, 0.3) is 0 Å². The molecule has 6 heteroatoms. The zero-order chi connectivity index (χ0) is 16.8. The van der Waals surface area contributed by atoms with Gasteiger partial charge < -0.3 is 10.4 Å². The van der Waals surface area contributed by atoms with Gasteiger partial charge in [0.15, 0.2) is 0 Å². The molecule has 0 fully saturated rings. The summed E-state index contributed by atoms with van der Waals surface area (Å²) in [5.41, 5.74) is 1.51. The lowest BCUT2D eigenvalue weighted by atomic mass is 10.2. The standard InChI is InChI=1S/C17H16BrNO3S/c1-11(23-10-12-5-3-2-4-6-12)16(20)19-15-8-7-13(18)9-14(15)17(21)22/h2-9,11H,10H2,1H3,(H,19,20)(H,21,22). The number of thioether (sulfide) groups is 1. The van der Waals surface area contributed by atoms with Gasteiger partial charge in [0, 0.05) is 10.2 Å². The third-order valence-corrected chi connectivity index (χ3v) is 4.89. The second-order valence-electron chi connectivity index (χ2n) is 4.92. The van der Waals surface area contributed by atoms with E-state index < -0.39 is 5.97 Å². The zero-order valence-corrected chi connectivity index (χ0v) is 14.9. The van der Waals surface area contributed by atoms with Gasteiger partial charge in [0.1, 0.15) is 0 Å². The van der Waals surface area contributed by atoms with Gasteiger partial charge in [-0.05, 0) is 30.7 Å². The molecule has 0 aromatic heterocycles. The molecule has 120 valence electrons. The molecule has 1 atom stereocenters. The lowest BCUT2D eigenvalue weighted by Crippen LogP contribution is -2.23. The van der Waals surface area contributed by atoms with Crippen LogP contribution in [0, 0.1) is 0 Å². The minimum atomic E-state index is -1.08. The molecular weight excluding hydrogens is 378 g/mol. The predicted molar refractivity (Wildman–Crippen MR) is 96.9 cm³/mol. The van der Waals surface area contributed by atoms with Crippen LogP contribution in [-0.4, -0.2) is 22.2 Å². The van der Waals surface area contributed by atoms with Crippen molar-refractivity contribution in [2.75, 3.05) is 5.32 Å². The van der Waals surface area contributed by atoms with E-state index in [9.17, 15) is 14.7 Å². The molecule has 1 amide bonds. The molecule has 0 saturated carbocycles. The van der Waals surface area contributed by atoms with E-state index in [0.717, 1.165) is 11.3 Å². The predicted octanol–water partition coefficient (Wildman–Crippen LogP) is 4.41. The molecule has 0 radical (unpaired) electrons. The van der Waals surface area contributed by atoms with Gasteiger partial charge in [-0.25, -0.2) is 4.79 Å². The highest BCUT2D eigenvalue weighted by atomic mass is 79.9. The number of nitrogens with one attached hydrogen (secondary N) is 1. The van der Waals surface area contributed by atoms with Gasteiger partial charge in [-0.15, -0.1) is 11.8 Å². The lowest BCUT2D eigenvalue weighted by Gasteiger charge is -2.14. The summed E-state index contributed by atoms with van der Waals surface area (Å²) in [6.07, 6.45) is 0. The summed E-state index contributed by atoms with van der Waals surface area (Å²) in [6.45, 7) is 1.81. The number of hydrogen-bond donors (Lipinski definition) is 2. The Morgan fingerprint density at radius 2 is 1.91 bits per heavy atom. The van der Waals surface area contributed by atoms with Crippen LogP contribution >= 0.6 is 27.7 Å². The van der Waals surface area contributed by atoms with Crippen molar-refractivity contribution in [1.29, 1.82) is 0 Å². The fourth-order valence-electron chi connectivity index (χ4n) is 1.91. The van der Waals surface area contributed by atoms with Gasteiger partial charge in [0.05, 0.1) is 16.5 Å². The van der Waals surface area contributed by atoms with Crippen molar-refractivity contribution >= 4 is 45.3 Å². The minimum Gasteiger partial charge on any atom is -0.478 e. The number of aromatic carboxylic acids is 1. The Labute approximate surface area is 147 Å². The summed E-state index contributed by atoms with van der Waals surface area (Å²) in [5.74, 6) is -0.566. The molecule has 0 spiro atoms. The second-order valence-corrected chi connectivity index (χ2v) is 7.17. The molecular formula is C17H16BrNO3S. The summed E-state index contributed by atoms with van der Waals surface area (Å²) < 4.78 is 0.652. The highest BCUT2D eigenvalue weighted by molar-refractivity contribution is 9.10. The number of halogens is 1. The number of anilines is 1. The first kappa shape index (κ1) is 17.6. The van der Waals surface area contributed by atoms with Crippen LogP contribution in [0.5, 0.6) is 0 Å². The van der Waals surface area contributed by atoms with E-state index in [4.69, 9.17) is 0 Å². The molecule has 2 rings (SSSR count). The second kappa shape index (κ2) is 8.17. The normalized spacial score (nSPS) is 11.7. The number of amides is 1. The van der Waals surface area contributed by atoms with Crippen molar-refractivity contribution in [3.05, 3.63) is 64.1 Å². The average Bonchev–Trinajstić information content (AvgIpc) is 2.55. The van der Waals surface area contributed by atoms with Gasteiger partial charge in [-0.1, -0.05) is 46.3 Å². The Kier molecular flexibility index (Phi) is 6.24. The number of carboxylic acids is 1. The monoisotopic (exact) mass is 393 g/mol. The Bertz CT molecular complexity index is 706. The third-order valence-electron chi connectivity index (χ3n) is 3.18. The van der Waals surface area contributed by atoms with E-state index in [1.54, 1.807) is 12.1 Å². The van der Waals surface area contributed by atoms with Gasteiger partial charge in [0.25, 0.3) is 0 Å². The van der Waals surface area contributed by atoms with Crippen molar-refractivity contribution in [2.45, 2.75) is 17.9 Å². The molecule has 1 unspecified atom stereocenters. The van der Waals surface area contributed by atoms with Crippen LogP contribution in [0.4, 0.5) is 5.69 Å². The zero-order valence-electron chi connectivity index (χ0n) is 12.5. The minimum absolute atomic E-state index is 0.0629. The molecule has 0 heterocycles. The first-order valence-electron chi connectivity index (χ1n) is 6.96. The number of carbonyl (C=O) groups excluding carboxylic acids is 1. The van der Waals surface area contributed by atoms with Crippen LogP contribution in [-0.2, 0) is 10.5 Å². The molecule has 2 aromatic carbocycles. The molecule has 0 saturated heterocycles. The fraction of sp³-hybridized carbons (Fsp3) is 0.176. The third kappa shape index (κ3) is 5.11. The van der Waals surface area contributed by atoms with Crippen LogP contribution in [0.2, 0.25) is 0 Å². The molecule has 2 N–H and O–H groups in total. The molecule has 0 aliphatic heterocycles. The maximum absolute atomic E-state index is 12.3. The molecule has 23 heavy (non-hydrogen) atoms. The summed E-state index contributed by atoms with van der Waals surface area (Å²) in [5, 5.41) is 11.6. The van der Waals surface area contributed by atoms with E-state index in [2.05, 4.69) is 21.2 Å². The Balaban J connectivity index is 2.00. The maximum Gasteiger partial charge on any atom is 0.337 e. The van der Waals surface area contributed by atoms with Crippen LogP contribution in [0.15, 0.2) is 53.0 Å². The topological polar surface area (TPSA) is 66.4 Å². The van der Waals surface area contributed by atoms with E-state index >= 15 is 0 Å². The van der Waals surface area contributed by atoms with E-state index in [0.29, 0.717) is 10.2 Å². The van der Waals surface area contributed by atoms with Crippen molar-refractivity contribution < 1.29 is 14.7 Å². The number of benzene rings is 2. The quantitative estimate of drug-likeness (QED) is 0.762. The Hall–Kier alpha value is -1.79. The van der Waals surface area contributed by atoms with Crippen LogP contribution in [0.3, 0.4) is 0 Å². The summed E-state index contributed by atoms with van der Waals surface area (Å²) in [7, 11) is 0. The van der Waals surface area contributed by atoms with Crippen molar-refractivity contribution in [3.63, 3.8) is 0 Å². The van der Waals surface area contributed by atoms with Crippen LogP contribution < -0.4 is 5.32 Å². The van der Waals surface area contributed by atoms with Crippen molar-refractivity contribution in [2.24, 2.45) is 0 Å². The molecule has 2 aromatic rings. The Morgan fingerprint density at radius 3 is 2.57 bits per heavy atom. The number of carboxylic acid groups (broad SMARTS) is 1. The lowest BCUT2D eigenvalue weighted by molar-refractivity contribution is -0.115. The highest BCUT2D eigenvalue weighted by Gasteiger charge is 2.17. The summed E-state index contributed by atoms with van der Waals surface area (Å²) >= 11 is 4.74. The SMILES string of the molecule is CC(SCc1ccccc1)C(=O)Nc1ccc(Br)cc1C(=O)O. The molecule has 4 nitrogen and oxygen atoms in total. The van der Waals surface area contributed by atoms with Crippen molar-refractivity contribution in [3.8, 4) is 0 Å². The summed E-state index contributed by atoms with van der Waals surface area (Å²) in [6, 6.07) is 14.6. The molecule has 0 bridgehead atoms. The molecule has 0 aliphatic rings. The van der Waals surface area contributed by atoms with Gasteiger partial charge in [-0.3, -0.25) is 4.79 Å². The smallest absolute Gasteiger partial charge is 0.337 e. The average molecular weight is 394 g/mol. The first-order chi connectivity index (χ1) is 11.0. The van der Waals surface area contributed by atoms with E-state index in [1.165, 1.54) is 17.8 Å². The van der Waals surface area contributed by atoms with E-state index in [1.807, 2.05) is 37.3 Å². The summed E-state index contributed by atoms with van der Waals surface area (Å²) in [4.78, 5) is 23.5. The largest absolute Gasteiger partial charge is 0.478 e. The highest BCUT2D eigenvalue weighted by Crippen LogP contribution is 2.23. The number of hydrogen-bond acceptors (Lipinski definition) is 3. The first-order valence-corrected chi connectivity index (χ1v) is 8.81. The number of rotatable bonds is 6. The van der Waals surface area contributed by atoms with Gasteiger partial charge >= 0.3 is 5.97 Å².